The first-order chi connectivity index (χ1) is 37.5. The van der Waals surface area contributed by atoms with Crippen molar-refractivity contribution >= 4 is 58.5 Å². The summed E-state index contributed by atoms with van der Waals surface area (Å²) in [5.41, 5.74) is 11.7. The number of benzene rings is 4. The maximum Gasteiger partial charge on any atom is 3.00 e. The second-order valence-corrected chi connectivity index (χ2v) is 32.0. The predicted octanol–water partition coefficient (Wildman–Crippen LogP) is 6.86. The number of nitrogens with zero attached hydrogens (tertiary/aromatic N) is 2. The molecular formula is C74H126Mg2N8Ni2O4+8. The van der Waals surface area contributed by atoms with Gasteiger partial charge in [-0.25, -0.2) is 9.98 Å². The van der Waals surface area contributed by atoms with Crippen LogP contribution < -0.4 is 41.5 Å². The molecular weight excluding hydrogens is 1230 g/mol. The van der Waals surface area contributed by atoms with Crippen molar-refractivity contribution < 1.29 is 74.0 Å². The van der Waals surface area contributed by atoms with Crippen LogP contribution >= 0.6 is 0 Å². The van der Waals surface area contributed by atoms with Gasteiger partial charge in [0.1, 0.15) is 24.6 Å². The van der Waals surface area contributed by atoms with Crippen LogP contribution in [0.2, 0.25) is 0 Å². The van der Waals surface area contributed by atoms with Gasteiger partial charge in [0.15, 0.2) is 25.5 Å². The van der Waals surface area contributed by atoms with Gasteiger partial charge in [-0.1, -0.05) is 159 Å². The SMILES string of the molecule is CC1(C)C[NH+]=Cc2cc(C(C)(C)C)cc(c2[O-])C[NH2+]CC(C)(C)C[NH2+]Cc2cc(C(C)(C)C)cc(c2[O-])C=[NH+]C1.CN1Cc2cc(C(C)(C)C)cc(c2O)CNCC(C)(C)CNCc2cc(C(C)(C)C)cc(c2O)CN(C)CC(C)(C)C1.[CH3-].[CH3-].[CH3-].[CH3-].[Mg+2].[Mg+2].[Ni+3].[Ni+3]. The van der Waals surface area contributed by atoms with Gasteiger partial charge in [0.25, 0.3) is 0 Å². The molecule has 10 N–H and O–H groups in total. The minimum Gasteiger partial charge on any atom is -0.872 e. The molecule has 0 amide bonds. The first kappa shape index (κ1) is 94.1. The maximum atomic E-state index is 13.4. The van der Waals surface area contributed by atoms with E-state index in [0.29, 0.717) is 63.9 Å². The molecule has 12 nitrogen and oxygen atoms in total. The van der Waals surface area contributed by atoms with Crippen molar-refractivity contribution in [2.24, 2.45) is 21.7 Å². The van der Waals surface area contributed by atoms with E-state index in [9.17, 15) is 20.4 Å². The molecule has 0 atom stereocenters. The molecule has 0 unspecified atom stereocenters. The molecule has 0 aromatic heterocycles. The number of hydrogen-bond acceptors (Lipinski definition) is 8. The third-order valence-electron chi connectivity index (χ3n) is 16.3. The standard InChI is InChI=1S/C36H60N4O2.C34H52N4O2.4CH3.2Mg.2Ni/c1-33(2,3)29-13-25-17-37-21-35(7,8)22-38-18-26-14-30(34(4,5)6)16-28(32(26)42)20-40(12)24-36(9,10)23-39(11)19-27(15-29)31(25)41;1-31(2,3)27-11-23-15-35-19-33(7,8)21-37-17-25-13-28(32(4,5)6)14-26(30(25)40)18-38-22-34(9,10)20-36-16-24(12-27)29(23)39;;;;;;;;/h13-16,37-38,41-42H,17-24H2,1-12H3;11-15,17,36,38-40H,16,18-22H2,1-10H3;4*1H3;;;;/q;;4*-1;2*+2;2*+3/p+2. The van der Waals surface area contributed by atoms with Gasteiger partial charge in [0.05, 0.1) is 23.9 Å². The Morgan fingerprint density at radius 2 is 0.733 bits per heavy atom. The number of nitrogens with one attached hydrogen (secondary N) is 4. The van der Waals surface area contributed by atoms with E-state index in [2.05, 4.69) is 230 Å². The summed E-state index contributed by atoms with van der Waals surface area (Å²) in [6.07, 6.45) is 3.77. The summed E-state index contributed by atoms with van der Waals surface area (Å²) < 4.78 is 0. The van der Waals surface area contributed by atoms with E-state index in [0.717, 1.165) is 83.8 Å². The molecule has 2 aliphatic rings. The van der Waals surface area contributed by atoms with Gasteiger partial charge in [0.2, 0.25) is 0 Å². The molecule has 90 heavy (non-hydrogen) atoms. The smallest absolute Gasteiger partial charge is 0.872 e. The summed E-state index contributed by atoms with van der Waals surface area (Å²) in [5, 5.41) is 61.4. The molecule has 0 spiro atoms. The van der Waals surface area contributed by atoms with Gasteiger partial charge in [0, 0.05) is 85.7 Å². The molecule has 8 bridgehead atoms. The quantitative estimate of drug-likeness (QED) is 0.0696. The molecule has 0 saturated carbocycles. The van der Waals surface area contributed by atoms with Crippen molar-refractivity contribution in [1.29, 1.82) is 0 Å². The Bertz CT molecular complexity index is 2690. The van der Waals surface area contributed by atoms with E-state index in [1.165, 1.54) is 22.3 Å². The van der Waals surface area contributed by atoms with Crippen LogP contribution in [0, 0.1) is 51.4 Å². The van der Waals surface area contributed by atoms with Crippen LogP contribution in [0.3, 0.4) is 0 Å². The first-order valence-electron chi connectivity index (χ1n) is 30.5. The summed E-state index contributed by atoms with van der Waals surface area (Å²) >= 11 is 0. The summed E-state index contributed by atoms with van der Waals surface area (Å²) in [6, 6.07) is 17.0. The number of nitrogens with two attached hydrogens (primary N) is 2. The van der Waals surface area contributed by atoms with E-state index in [4.69, 9.17) is 0 Å². The van der Waals surface area contributed by atoms with Crippen LogP contribution in [0.25, 0.3) is 0 Å². The molecule has 0 aliphatic carbocycles. The van der Waals surface area contributed by atoms with Crippen molar-refractivity contribution in [2.45, 2.75) is 199 Å². The Balaban J connectivity index is -0.000000755. The number of rotatable bonds is 0. The Morgan fingerprint density at radius 3 is 1.04 bits per heavy atom. The second kappa shape index (κ2) is 37.9. The third-order valence-corrected chi connectivity index (χ3v) is 16.3. The Morgan fingerprint density at radius 1 is 0.444 bits per heavy atom. The van der Waals surface area contributed by atoms with E-state index >= 15 is 0 Å². The molecule has 502 valence electrons. The van der Waals surface area contributed by atoms with E-state index < -0.39 is 0 Å². The van der Waals surface area contributed by atoms with E-state index in [-0.39, 0.29) is 164 Å². The third kappa shape index (κ3) is 29.0. The zero-order valence-corrected chi connectivity index (χ0v) is 66.3. The normalized spacial score (nSPS) is 17.8. The number of phenolic OH excluding ortho intramolecular Hbond substituents is 2. The van der Waals surface area contributed by atoms with Crippen LogP contribution in [-0.2, 0) is 93.9 Å². The number of hydrogen-bond donors (Lipinski definition) is 8. The molecule has 4 aromatic carbocycles. The van der Waals surface area contributed by atoms with Crippen LogP contribution in [0.4, 0.5) is 0 Å². The number of aromatic hydroxyl groups is 2. The van der Waals surface area contributed by atoms with Crippen molar-refractivity contribution in [3.8, 4) is 23.0 Å². The number of quaternary nitrogens is 2. The fourth-order valence-corrected chi connectivity index (χ4v) is 11.3. The average Bonchev–Trinajstić information content (AvgIpc) is 1.12. The van der Waals surface area contributed by atoms with Crippen molar-refractivity contribution in [3.05, 3.63) is 145 Å². The van der Waals surface area contributed by atoms with Crippen molar-refractivity contribution in [1.82, 2.24) is 20.4 Å². The van der Waals surface area contributed by atoms with Crippen molar-refractivity contribution in [2.75, 3.05) is 66.5 Å². The monoisotopic (exact) mass is 1350 g/mol. The molecule has 2 heterocycles. The summed E-state index contributed by atoms with van der Waals surface area (Å²) in [4.78, 5) is 11.5. The minimum absolute atomic E-state index is 0. The molecule has 2 radical (unpaired) electrons. The summed E-state index contributed by atoms with van der Waals surface area (Å²) in [5.74, 6) is 1.03. The minimum atomic E-state index is -0.109. The maximum absolute atomic E-state index is 13.4. The van der Waals surface area contributed by atoms with Gasteiger partial charge in [-0.05, 0) is 120 Å². The zero-order chi connectivity index (χ0) is 61.6. The van der Waals surface area contributed by atoms with Gasteiger partial charge in [-0.15, -0.1) is 0 Å². The van der Waals surface area contributed by atoms with Gasteiger partial charge >= 0.3 is 79.1 Å². The number of fused-ring (bicyclic) bond motifs is 8. The van der Waals surface area contributed by atoms with Crippen LogP contribution in [-0.4, -0.2) is 145 Å². The van der Waals surface area contributed by atoms with E-state index in [1.54, 1.807) is 0 Å². The van der Waals surface area contributed by atoms with E-state index in [1.807, 2.05) is 24.6 Å². The summed E-state index contributed by atoms with van der Waals surface area (Å²) in [6.45, 7) is 55.0. The predicted molar refractivity (Wildman–Crippen MR) is 374 cm³/mol. The molecule has 0 fully saturated rings. The fourth-order valence-electron chi connectivity index (χ4n) is 11.3. The second-order valence-electron chi connectivity index (χ2n) is 32.0. The molecule has 4 aromatic rings. The van der Waals surface area contributed by atoms with Gasteiger partial charge in [-0.2, -0.15) is 0 Å². The molecule has 0 saturated heterocycles. The van der Waals surface area contributed by atoms with Gasteiger partial charge < -0.3 is 81.2 Å². The van der Waals surface area contributed by atoms with Crippen LogP contribution in [0.5, 0.6) is 23.0 Å². The van der Waals surface area contributed by atoms with Crippen LogP contribution in [0.1, 0.15) is 205 Å². The number of phenols is 2. The Labute approximate surface area is 603 Å². The van der Waals surface area contributed by atoms with Crippen LogP contribution in [0.15, 0.2) is 48.5 Å². The zero-order valence-electron chi connectivity index (χ0n) is 61.5. The van der Waals surface area contributed by atoms with Gasteiger partial charge in [-0.3, -0.25) is 0 Å². The Hall–Kier alpha value is -2.30. The largest absolute Gasteiger partial charge is 3.00 e. The molecule has 2 aliphatic heterocycles. The van der Waals surface area contributed by atoms with Crippen molar-refractivity contribution in [3.63, 3.8) is 0 Å². The molecule has 16 heteroatoms. The topological polar surface area (TPSA) is 178 Å². The Kier molecular flexibility index (Phi) is 39.6. The summed E-state index contributed by atoms with van der Waals surface area (Å²) in [7, 11) is 4.30. The fraction of sp³-hybridized carbons (Fsp3) is 0.595. The average molecular weight is 1360 g/mol. The molecule has 6 rings (SSSR count). The first-order valence-corrected chi connectivity index (χ1v) is 30.5.